The summed E-state index contributed by atoms with van der Waals surface area (Å²) in [5, 5.41) is 2.66. The molecule has 0 saturated carbocycles. The lowest BCUT2D eigenvalue weighted by atomic mass is 10.2. The van der Waals surface area contributed by atoms with Crippen LogP contribution in [0, 0.1) is 0 Å². The van der Waals surface area contributed by atoms with Gasteiger partial charge in [-0.3, -0.25) is 9.59 Å². The number of hydrogen-bond donors (Lipinski definition) is 1. The molecule has 1 saturated heterocycles. The van der Waals surface area contributed by atoms with E-state index in [1.54, 1.807) is 4.90 Å². The minimum absolute atomic E-state index is 0.436. The molecule has 6 heteroatoms. The molecule has 1 heterocycles. The number of benzene rings is 1. The van der Waals surface area contributed by atoms with Gasteiger partial charge in [0.15, 0.2) is 0 Å². The maximum absolute atomic E-state index is 12.1. The van der Waals surface area contributed by atoms with Crippen LogP contribution in [-0.2, 0) is 14.3 Å². The summed E-state index contributed by atoms with van der Waals surface area (Å²) in [6, 6.07) is 10.1. The standard InChI is InChI=1S/C17H25N3O3/c1-2-23-14-6-9-18-16(21)17(22)20-12-10-19(11-13-20)15-7-4-3-5-8-15/h3-5,7-8H,2,6,9-14H2,1H3,(H,18,21). The number of rotatable bonds is 6. The van der Waals surface area contributed by atoms with E-state index in [1.165, 1.54) is 0 Å². The molecule has 1 aromatic carbocycles. The van der Waals surface area contributed by atoms with Gasteiger partial charge in [-0.25, -0.2) is 0 Å². The van der Waals surface area contributed by atoms with Crippen molar-refractivity contribution in [3.8, 4) is 0 Å². The molecular formula is C17H25N3O3. The van der Waals surface area contributed by atoms with E-state index in [0.717, 1.165) is 18.8 Å². The third-order valence-electron chi connectivity index (χ3n) is 3.84. The summed E-state index contributed by atoms with van der Waals surface area (Å²) in [6.07, 6.45) is 0.717. The first-order valence-electron chi connectivity index (χ1n) is 8.17. The van der Waals surface area contributed by atoms with Crippen molar-refractivity contribution in [3.05, 3.63) is 30.3 Å². The van der Waals surface area contributed by atoms with Gasteiger partial charge < -0.3 is 19.9 Å². The number of anilines is 1. The number of piperazine rings is 1. The SMILES string of the molecule is CCOCCCNC(=O)C(=O)N1CCN(c2ccccc2)CC1. The summed E-state index contributed by atoms with van der Waals surface area (Å²) in [4.78, 5) is 27.8. The van der Waals surface area contributed by atoms with E-state index in [4.69, 9.17) is 4.74 Å². The highest BCUT2D eigenvalue weighted by Gasteiger charge is 2.25. The van der Waals surface area contributed by atoms with Crippen molar-refractivity contribution in [1.29, 1.82) is 0 Å². The molecule has 1 aromatic rings. The Morgan fingerprint density at radius 3 is 2.48 bits per heavy atom. The molecule has 23 heavy (non-hydrogen) atoms. The molecule has 2 rings (SSSR count). The fraction of sp³-hybridized carbons (Fsp3) is 0.529. The zero-order valence-electron chi connectivity index (χ0n) is 13.7. The number of carbonyl (C=O) groups excluding carboxylic acids is 2. The third-order valence-corrected chi connectivity index (χ3v) is 3.84. The minimum Gasteiger partial charge on any atom is -0.382 e. The Kier molecular flexibility index (Phi) is 6.87. The summed E-state index contributed by atoms with van der Waals surface area (Å²) < 4.78 is 5.19. The molecule has 6 nitrogen and oxygen atoms in total. The zero-order valence-corrected chi connectivity index (χ0v) is 13.7. The van der Waals surface area contributed by atoms with Crippen molar-refractivity contribution in [3.63, 3.8) is 0 Å². The number of ether oxygens (including phenoxy) is 1. The number of nitrogens with zero attached hydrogens (tertiary/aromatic N) is 2. The molecule has 0 unspecified atom stereocenters. The predicted octanol–water partition coefficient (Wildman–Crippen LogP) is 0.878. The lowest BCUT2D eigenvalue weighted by molar-refractivity contribution is -0.146. The highest BCUT2D eigenvalue weighted by atomic mass is 16.5. The van der Waals surface area contributed by atoms with E-state index in [9.17, 15) is 9.59 Å². The lowest BCUT2D eigenvalue weighted by Crippen LogP contribution is -2.52. The predicted molar refractivity (Wildman–Crippen MR) is 89.4 cm³/mol. The van der Waals surface area contributed by atoms with Crippen LogP contribution < -0.4 is 10.2 Å². The van der Waals surface area contributed by atoms with E-state index >= 15 is 0 Å². The molecule has 0 aromatic heterocycles. The van der Waals surface area contributed by atoms with Gasteiger partial charge in [0.25, 0.3) is 0 Å². The van der Waals surface area contributed by atoms with E-state index in [1.807, 2.05) is 25.1 Å². The maximum atomic E-state index is 12.1. The maximum Gasteiger partial charge on any atom is 0.312 e. The number of carbonyl (C=O) groups is 2. The average molecular weight is 319 g/mol. The van der Waals surface area contributed by atoms with Crippen molar-refractivity contribution in [1.82, 2.24) is 10.2 Å². The van der Waals surface area contributed by atoms with E-state index in [0.29, 0.717) is 39.3 Å². The van der Waals surface area contributed by atoms with Gasteiger partial charge in [0.1, 0.15) is 0 Å². The lowest BCUT2D eigenvalue weighted by Gasteiger charge is -2.35. The molecule has 0 atom stereocenters. The van der Waals surface area contributed by atoms with Gasteiger partial charge in [-0.2, -0.15) is 0 Å². The molecule has 126 valence electrons. The number of nitrogens with one attached hydrogen (secondary N) is 1. The fourth-order valence-corrected chi connectivity index (χ4v) is 2.55. The molecule has 0 spiro atoms. The van der Waals surface area contributed by atoms with Crippen molar-refractivity contribution in [2.45, 2.75) is 13.3 Å². The summed E-state index contributed by atoms with van der Waals surface area (Å²) in [7, 11) is 0. The molecule has 1 fully saturated rings. The van der Waals surface area contributed by atoms with Crippen LogP contribution in [0.2, 0.25) is 0 Å². The first kappa shape index (κ1) is 17.3. The second-order valence-corrected chi connectivity index (χ2v) is 5.42. The van der Waals surface area contributed by atoms with E-state index in [-0.39, 0.29) is 0 Å². The number of hydrogen-bond acceptors (Lipinski definition) is 4. The van der Waals surface area contributed by atoms with Gasteiger partial charge >= 0.3 is 11.8 Å². The monoisotopic (exact) mass is 319 g/mol. The van der Waals surface area contributed by atoms with Crippen LogP contribution in [-0.4, -0.2) is 62.7 Å². The largest absolute Gasteiger partial charge is 0.382 e. The molecular weight excluding hydrogens is 294 g/mol. The van der Waals surface area contributed by atoms with Crippen LogP contribution in [0.25, 0.3) is 0 Å². The second kappa shape index (κ2) is 9.15. The summed E-state index contributed by atoms with van der Waals surface area (Å²) in [6.45, 7) is 6.28. The quantitative estimate of drug-likeness (QED) is 0.624. The van der Waals surface area contributed by atoms with Gasteiger partial charge in [0.2, 0.25) is 0 Å². The van der Waals surface area contributed by atoms with Gasteiger partial charge in [-0.15, -0.1) is 0 Å². The van der Waals surface area contributed by atoms with Gasteiger partial charge in [0, 0.05) is 51.6 Å². The summed E-state index contributed by atoms with van der Waals surface area (Å²) >= 11 is 0. The van der Waals surface area contributed by atoms with Crippen LogP contribution in [0.4, 0.5) is 5.69 Å². The molecule has 1 aliphatic heterocycles. The van der Waals surface area contributed by atoms with Crippen LogP contribution in [0.15, 0.2) is 30.3 Å². The minimum atomic E-state index is -0.519. The van der Waals surface area contributed by atoms with Crippen LogP contribution in [0.5, 0.6) is 0 Å². The van der Waals surface area contributed by atoms with Gasteiger partial charge in [-0.1, -0.05) is 18.2 Å². The van der Waals surface area contributed by atoms with Gasteiger partial charge in [0.05, 0.1) is 0 Å². The highest BCUT2D eigenvalue weighted by Crippen LogP contribution is 2.15. The average Bonchev–Trinajstić information content (AvgIpc) is 2.61. The Hall–Kier alpha value is -2.08. The third kappa shape index (κ3) is 5.25. The smallest absolute Gasteiger partial charge is 0.312 e. The molecule has 2 amide bonds. The van der Waals surface area contributed by atoms with Crippen molar-refractivity contribution >= 4 is 17.5 Å². The summed E-state index contributed by atoms with van der Waals surface area (Å²) in [5.74, 6) is -0.955. The molecule has 1 aliphatic rings. The van der Waals surface area contributed by atoms with Gasteiger partial charge in [-0.05, 0) is 25.5 Å². The molecule has 0 aliphatic carbocycles. The Bertz CT molecular complexity index is 499. The fourth-order valence-electron chi connectivity index (χ4n) is 2.55. The zero-order chi connectivity index (χ0) is 16.5. The highest BCUT2D eigenvalue weighted by molar-refractivity contribution is 6.35. The topological polar surface area (TPSA) is 61.9 Å². The number of para-hydroxylation sites is 1. The molecule has 1 N–H and O–H groups in total. The Labute approximate surface area is 137 Å². The first-order valence-corrected chi connectivity index (χ1v) is 8.17. The number of amides is 2. The summed E-state index contributed by atoms with van der Waals surface area (Å²) in [5.41, 5.74) is 1.15. The first-order chi connectivity index (χ1) is 11.2. The van der Waals surface area contributed by atoms with Crippen molar-refractivity contribution in [2.24, 2.45) is 0 Å². The Balaban J connectivity index is 1.71. The van der Waals surface area contributed by atoms with Crippen molar-refractivity contribution in [2.75, 3.05) is 50.8 Å². The Morgan fingerprint density at radius 2 is 1.83 bits per heavy atom. The van der Waals surface area contributed by atoms with Crippen LogP contribution in [0.1, 0.15) is 13.3 Å². The molecule has 0 bridgehead atoms. The van der Waals surface area contributed by atoms with E-state index < -0.39 is 11.8 Å². The molecule has 0 radical (unpaired) electrons. The van der Waals surface area contributed by atoms with Crippen LogP contribution in [0.3, 0.4) is 0 Å². The van der Waals surface area contributed by atoms with E-state index in [2.05, 4.69) is 22.3 Å². The van der Waals surface area contributed by atoms with Crippen LogP contribution >= 0.6 is 0 Å². The Morgan fingerprint density at radius 1 is 1.13 bits per heavy atom. The second-order valence-electron chi connectivity index (χ2n) is 5.42. The normalized spacial score (nSPS) is 14.7. The van der Waals surface area contributed by atoms with Crippen molar-refractivity contribution < 1.29 is 14.3 Å².